The molecular weight excluding hydrogens is 250 g/mol. The van der Waals surface area contributed by atoms with Gasteiger partial charge < -0.3 is 19.0 Å². The van der Waals surface area contributed by atoms with E-state index in [2.05, 4.69) is 4.98 Å². The fraction of sp³-hybridized carbons (Fsp3) is 0.231. The molecule has 0 atom stereocenters. The van der Waals surface area contributed by atoms with E-state index >= 15 is 0 Å². The highest BCUT2D eigenvalue weighted by atomic mass is 16.5. The van der Waals surface area contributed by atoms with E-state index < -0.39 is 5.97 Å². The predicted molar refractivity (Wildman–Crippen MR) is 65.4 cm³/mol. The molecule has 0 aliphatic rings. The largest absolute Gasteiger partial charge is 0.490 e. The summed E-state index contributed by atoms with van der Waals surface area (Å²) in [7, 11) is 0. The molecule has 2 rings (SSSR count). The Hall–Kier alpha value is -2.50. The molecule has 6 heteroatoms. The van der Waals surface area contributed by atoms with Gasteiger partial charge in [-0.3, -0.25) is 0 Å². The molecule has 1 aromatic heterocycles. The second-order valence-electron chi connectivity index (χ2n) is 3.60. The van der Waals surface area contributed by atoms with Gasteiger partial charge in [-0.2, -0.15) is 0 Å². The molecule has 100 valence electrons. The molecule has 1 N–H and O–H groups in total. The highest BCUT2D eigenvalue weighted by Gasteiger charge is 2.11. The molecule has 1 heterocycles. The summed E-state index contributed by atoms with van der Waals surface area (Å²) in [5, 5.41) is 8.71. The van der Waals surface area contributed by atoms with Gasteiger partial charge in [-0.15, -0.1) is 0 Å². The minimum absolute atomic E-state index is 0.0391. The van der Waals surface area contributed by atoms with Crippen LogP contribution in [0, 0.1) is 0 Å². The fourth-order valence-electron chi connectivity index (χ4n) is 1.46. The second kappa shape index (κ2) is 5.90. The van der Waals surface area contributed by atoms with Gasteiger partial charge in [0.1, 0.15) is 6.26 Å². The maximum Gasteiger partial charge on any atom is 0.357 e. The first-order valence-corrected chi connectivity index (χ1v) is 5.73. The van der Waals surface area contributed by atoms with Gasteiger partial charge in [0.05, 0.1) is 6.61 Å². The van der Waals surface area contributed by atoms with Gasteiger partial charge in [0, 0.05) is 0 Å². The Morgan fingerprint density at radius 1 is 1.32 bits per heavy atom. The Kier molecular flexibility index (Phi) is 4.02. The van der Waals surface area contributed by atoms with Gasteiger partial charge in [-0.25, -0.2) is 9.78 Å². The summed E-state index contributed by atoms with van der Waals surface area (Å²) in [5.41, 5.74) is -0.142. The molecule has 0 aliphatic carbocycles. The maximum atomic E-state index is 10.6. The molecular formula is C13H13NO5. The highest BCUT2D eigenvalue weighted by Crippen LogP contribution is 2.27. The number of oxazole rings is 1. The van der Waals surface area contributed by atoms with E-state index in [0.717, 1.165) is 6.26 Å². The number of aromatic nitrogens is 1. The van der Waals surface area contributed by atoms with Crippen molar-refractivity contribution in [2.24, 2.45) is 0 Å². The van der Waals surface area contributed by atoms with Crippen LogP contribution in [0.4, 0.5) is 0 Å². The molecule has 0 unspecified atom stereocenters. The number of carboxylic acid groups (broad SMARTS) is 1. The molecule has 0 saturated heterocycles. The van der Waals surface area contributed by atoms with Crippen molar-refractivity contribution in [2.75, 3.05) is 6.61 Å². The van der Waals surface area contributed by atoms with Crippen LogP contribution in [-0.2, 0) is 6.61 Å². The number of nitrogens with zero attached hydrogens (tertiary/aromatic N) is 1. The lowest BCUT2D eigenvalue weighted by Crippen LogP contribution is -2.01. The smallest absolute Gasteiger partial charge is 0.357 e. The van der Waals surface area contributed by atoms with Crippen LogP contribution >= 0.6 is 0 Å². The third-order valence-electron chi connectivity index (χ3n) is 2.27. The van der Waals surface area contributed by atoms with Crippen molar-refractivity contribution in [3.8, 4) is 11.5 Å². The lowest BCUT2D eigenvalue weighted by atomic mass is 10.3. The third-order valence-corrected chi connectivity index (χ3v) is 2.27. The second-order valence-corrected chi connectivity index (χ2v) is 3.60. The van der Waals surface area contributed by atoms with E-state index in [1.54, 1.807) is 12.1 Å². The highest BCUT2D eigenvalue weighted by molar-refractivity contribution is 5.84. The minimum atomic E-state index is -1.13. The van der Waals surface area contributed by atoms with Crippen LogP contribution in [0.3, 0.4) is 0 Å². The number of carbonyl (C=O) groups is 1. The van der Waals surface area contributed by atoms with Crippen molar-refractivity contribution >= 4 is 5.97 Å². The van der Waals surface area contributed by atoms with E-state index in [0.29, 0.717) is 18.1 Å². The summed E-state index contributed by atoms with van der Waals surface area (Å²) in [4.78, 5) is 14.4. The van der Waals surface area contributed by atoms with Crippen LogP contribution in [0.15, 0.2) is 34.9 Å². The van der Waals surface area contributed by atoms with Crippen molar-refractivity contribution in [3.63, 3.8) is 0 Å². The quantitative estimate of drug-likeness (QED) is 0.861. The van der Waals surface area contributed by atoms with Gasteiger partial charge in [0.15, 0.2) is 23.8 Å². The third kappa shape index (κ3) is 3.25. The molecule has 0 saturated carbocycles. The summed E-state index contributed by atoms with van der Waals surface area (Å²) in [6, 6.07) is 7.20. The molecule has 0 radical (unpaired) electrons. The topological polar surface area (TPSA) is 81.8 Å². The van der Waals surface area contributed by atoms with Gasteiger partial charge in [0.2, 0.25) is 5.89 Å². The Balaban J connectivity index is 2.03. The van der Waals surface area contributed by atoms with E-state index in [-0.39, 0.29) is 18.2 Å². The van der Waals surface area contributed by atoms with Crippen LogP contribution in [0.2, 0.25) is 0 Å². The lowest BCUT2D eigenvalue weighted by molar-refractivity contribution is 0.0690. The molecule has 0 fully saturated rings. The van der Waals surface area contributed by atoms with Gasteiger partial charge >= 0.3 is 5.97 Å². The number of benzene rings is 1. The van der Waals surface area contributed by atoms with Crippen LogP contribution in [-0.4, -0.2) is 22.7 Å². The summed E-state index contributed by atoms with van der Waals surface area (Å²) >= 11 is 0. The van der Waals surface area contributed by atoms with Crippen LogP contribution < -0.4 is 9.47 Å². The Bertz CT molecular complexity index is 564. The zero-order valence-corrected chi connectivity index (χ0v) is 10.3. The molecule has 0 amide bonds. The number of ether oxygens (including phenoxy) is 2. The average Bonchev–Trinajstić information content (AvgIpc) is 2.87. The van der Waals surface area contributed by atoms with Gasteiger partial charge in [-0.05, 0) is 19.1 Å². The van der Waals surface area contributed by atoms with E-state index in [1.165, 1.54) is 0 Å². The molecule has 0 spiro atoms. The van der Waals surface area contributed by atoms with Crippen LogP contribution in [0.1, 0.15) is 23.3 Å². The molecule has 6 nitrogen and oxygen atoms in total. The van der Waals surface area contributed by atoms with Crippen molar-refractivity contribution in [1.82, 2.24) is 4.98 Å². The summed E-state index contributed by atoms with van der Waals surface area (Å²) in [6.45, 7) is 2.45. The zero-order chi connectivity index (χ0) is 13.7. The van der Waals surface area contributed by atoms with Crippen LogP contribution in [0.25, 0.3) is 0 Å². The van der Waals surface area contributed by atoms with E-state index in [1.807, 2.05) is 19.1 Å². The average molecular weight is 263 g/mol. The maximum absolute atomic E-state index is 10.6. The fourth-order valence-corrected chi connectivity index (χ4v) is 1.46. The first-order valence-electron chi connectivity index (χ1n) is 5.73. The Morgan fingerprint density at radius 3 is 2.58 bits per heavy atom. The van der Waals surface area contributed by atoms with Crippen molar-refractivity contribution in [1.29, 1.82) is 0 Å². The molecule has 2 aromatic rings. The Labute approximate surface area is 109 Å². The summed E-state index contributed by atoms with van der Waals surface area (Å²) in [6.07, 6.45) is 1.08. The number of carboxylic acids is 1. The molecule has 0 aliphatic heterocycles. The zero-order valence-electron chi connectivity index (χ0n) is 10.3. The monoisotopic (exact) mass is 263 g/mol. The summed E-state index contributed by atoms with van der Waals surface area (Å²) in [5.74, 6) is 0.239. The normalized spacial score (nSPS) is 10.2. The molecule has 0 bridgehead atoms. The minimum Gasteiger partial charge on any atom is -0.490 e. The lowest BCUT2D eigenvalue weighted by Gasteiger charge is -2.09. The molecule has 19 heavy (non-hydrogen) atoms. The van der Waals surface area contributed by atoms with Crippen LogP contribution in [0.5, 0.6) is 11.5 Å². The number of rotatable bonds is 6. The van der Waals surface area contributed by atoms with Crippen molar-refractivity contribution in [2.45, 2.75) is 13.5 Å². The summed E-state index contributed by atoms with van der Waals surface area (Å²) < 4.78 is 15.9. The molecule has 1 aromatic carbocycles. The first kappa shape index (κ1) is 12.9. The Morgan fingerprint density at radius 2 is 2.00 bits per heavy atom. The number of hydrogen-bond donors (Lipinski definition) is 1. The predicted octanol–water partition coefficient (Wildman–Crippen LogP) is 2.35. The van der Waals surface area contributed by atoms with Crippen molar-refractivity contribution < 1.29 is 23.8 Å². The number of hydrogen-bond acceptors (Lipinski definition) is 5. The van der Waals surface area contributed by atoms with E-state index in [9.17, 15) is 4.79 Å². The van der Waals surface area contributed by atoms with Gasteiger partial charge in [-0.1, -0.05) is 12.1 Å². The first-order chi connectivity index (χ1) is 9.20. The number of aromatic carboxylic acids is 1. The van der Waals surface area contributed by atoms with E-state index in [4.69, 9.17) is 19.0 Å². The van der Waals surface area contributed by atoms with Gasteiger partial charge in [0.25, 0.3) is 0 Å². The van der Waals surface area contributed by atoms with Crippen molar-refractivity contribution in [3.05, 3.63) is 42.1 Å². The SMILES string of the molecule is CCOc1ccccc1OCc1nc(C(=O)O)co1. The number of para-hydroxylation sites is 2. The standard InChI is InChI=1S/C13H13NO5/c1-2-17-10-5-3-4-6-11(10)18-8-12-14-9(7-19-12)13(15)16/h3-7H,2,8H2,1H3,(H,15,16).